The van der Waals surface area contributed by atoms with Crippen LogP contribution in [0.5, 0.6) is 0 Å². The lowest BCUT2D eigenvalue weighted by atomic mass is 10.2. The Bertz CT molecular complexity index is 655. The highest BCUT2D eigenvalue weighted by Gasteiger charge is 2.04. The maximum atomic E-state index is 4.50. The number of aliphatic imine (C=N–C) groups is 1. The maximum Gasteiger partial charge on any atom is 0.160 e. The van der Waals surface area contributed by atoms with Crippen LogP contribution in [0.25, 0.3) is 6.08 Å². The largest absolute Gasteiger partial charge is 0.363 e. The molecule has 0 saturated heterocycles. The molecule has 0 aliphatic heterocycles. The Kier molecular flexibility index (Phi) is 8.15. The molecule has 0 atom stereocenters. The van der Waals surface area contributed by atoms with Crippen molar-refractivity contribution in [1.82, 2.24) is 20.8 Å². The van der Waals surface area contributed by atoms with E-state index in [1.807, 2.05) is 57.1 Å². The number of aromatic nitrogens is 2. The molecule has 1 aromatic heterocycles. The summed E-state index contributed by atoms with van der Waals surface area (Å²) in [4.78, 5) is 15.3. The number of hydrogen-bond donors (Lipinski definition) is 2. The van der Waals surface area contributed by atoms with Crippen LogP contribution in [0.15, 0.2) is 54.1 Å². The van der Waals surface area contributed by atoms with Gasteiger partial charge in [0, 0.05) is 26.7 Å². The molecule has 6 heteroatoms. The summed E-state index contributed by atoms with van der Waals surface area (Å²) >= 11 is 0. The number of nitrogens with one attached hydrogen (secondary N) is 2. The predicted molar refractivity (Wildman–Crippen MR) is 103 cm³/mol. The molecule has 0 radical (unpaired) electrons. The summed E-state index contributed by atoms with van der Waals surface area (Å²) in [6, 6.07) is 1.84. The number of anilines is 1. The fraction of sp³-hybridized carbons (Fsp3) is 0.278. The first kappa shape index (κ1) is 19.3. The Balaban J connectivity index is 3.17. The van der Waals surface area contributed by atoms with Crippen molar-refractivity contribution in [3.05, 3.63) is 54.9 Å². The number of nitrogens with zero attached hydrogens (tertiary/aromatic N) is 4. The molecule has 0 spiro atoms. The van der Waals surface area contributed by atoms with Crippen molar-refractivity contribution < 1.29 is 0 Å². The highest BCUT2D eigenvalue weighted by Crippen LogP contribution is 2.17. The van der Waals surface area contributed by atoms with Crippen LogP contribution in [0.2, 0.25) is 0 Å². The van der Waals surface area contributed by atoms with Crippen molar-refractivity contribution in [2.24, 2.45) is 4.99 Å². The van der Waals surface area contributed by atoms with Gasteiger partial charge in [-0.2, -0.15) is 0 Å². The van der Waals surface area contributed by atoms with Crippen LogP contribution < -0.4 is 15.8 Å². The summed E-state index contributed by atoms with van der Waals surface area (Å²) < 4.78 is 0. The maximum absolute atomic E-state index is 4.50. The van der Waals surface area contributed by atoms with Gasteiger partial charge in [-0.15, -0.1) is 0 Å². The quantitative estimate of drug-likeness (QED) is 0.333. The van der Waals surface area contributed by atoms with Gasteiger partial charge in [-0.05, 0) is 18.6 Å². The molecule has 1 heterocycles. The SMILES string of the molecule is C=C/C=C(C=C)/C=C/c1nc(/N=C(\C)NNCC)cc(N(C)C)n1. The van der Waals surface area contributed by atoms with Gasteiger partial charge >= 0.3 is 0 Å². The number of allylic oxidation sites excluding steroid dienone is 5. The standard InChI is InChI=1S/C18H26N6/c1-7-10-15(8-2)11-12-16-21-17(13-18(22-16)24(5)6)20-14(4)23-19-9-3/h7-8,10-13,19H,1-2,9H2,3-6H3,(H,20,21,22,23)/b12-11+,15-10+. The average molecular weight is 326 g/mol. The van der Waals surface area contributed by atoms with Gasteiger partial charge in [-0.25, -0.2) is 20.4 Å². The fourth-order valence-corrected chi connectivity index (χ4v) is 1.72. The number of rotatable bonds is 8. The molecule has 0 aliphatic rings. The van der Waals surface area contributed by atoms with Gasteiger partial charge in [-0.1, -0.05) is 44.4 Å². The molecule has 128 valence electrons. The third-order valence-electron chi connectivity index (χ3n) is 2.87. The van der Waals surface area contributed by atoms with E-state index < -0.39 is 0 Å². The van der Waals surface area contributed by atoms with Crippen molar-refractivity contribution in [2.75, 3.05) is 25.5 Å². The topological polar surface area (TPSA) is 65.4 Å². The van der Waals surface area contributed by atoms with Gasteiger partial charge in [0.05, 0.1) is 0 Å². The minimum atomic E-state index is 0.577. The van der Waals surface area contributed by atoms with E-state index in [4.69, 9.17) is 0 Å². The molecular formula is C18H26N6. The fourth-order valence-electron chi connectivity index (χ4n) is 1.72. The van der Waals surface area contributed by atoms with Crippen LogP contribution in [0, 0.1) is 0 Å². The highest BCUT2D eigenvalue weighted by atomic mass is 15.4. The van der Waals surface area contributed by atoms with Gasteiger partial charge in [-0.3, -0.25) is 0 Å². The summed E-state index contributed by atoms with van der Waals surface area (Å²) in [6.45, 7) is 12.1. The van der Waals surface area contributed by atoms with E-state index in [-0.39, 0.29) is 0 Å². The average Bonchev–Trinajstić information content (AvgIpc) is 2.56. The Labute approximate surface area is 144 Å². The summed E-state index contributed by atoms with van der Waals surface area (Å²) in [5, 5.41) is 0. The molecule has 0 fully saturated rings. The third-order valence-corrected chi connectivity index (χ3v) is 2.87. The number of amidine groups is 1. The van der Waals surface area contributed by atoms with Crippen LogP contribution in [-0.4, -0.2) is 36.4 Å². The normalized spacial score (nSPS) is 12.3. The lowest BCUT2D eigenvalue weighted by molar-refractivity contribution is 0.682. The monoisotopic (exact) mass is 326 g/mol. The second-order valence-corrected chi connectivity index (χ2v) is 5.13. The third kappa shape index (κ3) is 6.58. The number of hydrazine groups is 1. The van der Waals surface area contributed by atoms with E-state index in [0.717, 1.165) is 23.8 Å². The second-order valence-electron chi connectivity index (χ2n) is 5.13. The summed E-state index contributed by atoms with van der Waals surface area (Å²) in [7, 11) is 3.86. The van der Waals surface area contributed by atoms with E-state index in [2.05, 4.69) is 39.0 Å². The summed E-state index contributed by atoms with van der Waals surface area (Å²) in [5.74, 6) is 2.68. The Morgan fingerprint density at radius 1 is 1.33 bits per heavy atom. The summed E-state index contributed by atoms with van der Waals surface area (Å²) in [6.07, 6.45) is 9.04. The van der Waals surface area contributed by atoms with Crippen molar-refractivity contribution in [1.29, 1.82) is 0 Å². The number of hydrogen-bond acceptors (Lipinski definition) is 5. The predicted octanol–water partition coefficient (Wildman–Crippen LogP) is 3.02. The molecule has 0 saturated carbocycles. The zero-order valence-electron chi connectivity index (χ0n) is 14.9. The van der Waals surface area contributed by atoms with Crippen LogP contribution in [0.3, 0.4) is 0 Å². The van der Waals surface area contributed by atoms with E-state index in [1.54, 1.807) is 12.2 Å². The molecular weight excluding hydrogens is 300 g/mol. The van der Waals surface area contributed by atoms with Crippen molar-refractivity contribution in [2.45, 2.75) is 13.8 Å². The van der Waals surface area contributed by atoms with E-state index in [1.165, 1.54) is 0 Å². The molecule has 0 unspecified atom stereocenters. The molecule has 0 amide bonds. The summed E-state index contributed by atoms with van der Waals surface area (Å²) in [5.41, 5.74) is 6.93. The van der Waals surface area contributed by atoms with Crippen LogP contribution >= 0.6 is 0 Å². The minimum Gasteiger partial charge on any atom is -0.363 e. The molecule has 1 rings (SSSR count). The zero-order chi connectivity index (χ0) is 17.9. The first-order valence-electron chi connectivity index (χ1n) is 7.74. The first-order valence-corrected chi connectivity index (χ1v) is 7.74. The van der Waals surface area contributed by atoms with E-state index in [9.17, 15) is 0 Å². The van der Waals surface area contributed by atoms with Gasteiger partial charge in [0.1, 0.15) is 11.7 Å². The molecule has 1 aromatic rings. The van der Waals surface area contributed by atoms with Crippen LogP contribution in [0.4, 0.5) is 11.6 Å². The van der Waals surface area contributed by atoms with Crippen molar-refractivity contribution >= 4 is 23.5 Å². The molecule has 0 aromatic carbocycles. The second kappa shape index (κ2) is 10.1. The Morgan fingerprint density at radius 2 is 2.08 bits per heavy atom. The van der Waals surface area contributed by atoms with E-state index in [0.29, 0.717) is 11.6 Å². The van der Waals surface area contributed by atoms with E-state index >= 15 is 0 Å². The molecule has 0 aliphatic carbocycles. The van der Waals surface area contributed by atoms with Crippen molar-refractivity contribution in [3.63, 3.8) is 0 Å². The first-order chi connectivity index (χ1) is 11.5. The van der Waals surface area contributed by atoms with Gasteiger partial charge in [0.25, 0.3) is 0 Å². The molecule has 6 nitrogen and oxygen atoms in total. The molecule has 0 bridgehead atoms. The lowest BCUT2D eigenvalue weighted by Crippen LogP contribution is -2.35. The molecule has 2 N–H and O–H groups in total. The van der Waals surface area contributed by atoms with Crippen LogP contribution in [0.1, 0.15) is 19.7 Å². The van der Waals surface area contributed by atoms with Gasteiger partial charge in [0.2, 0.25) is 0 Å². The lowest BCUT2D eigenvalue weighted by Gasteiger charge is -2.12. The molecule has 24 heavy (non-hydrogen) atoms. The minimum absolute atomic E-state index is 0.577. The highest BCUT2D eigenvalue weighted by molar-refractivity contribution is 5.81. The van der Waals surface area contributed by atoms with Crippen LogP contribution in [-0.2, 0) is 0 Å². The van der Waals surface area contributed by atoms with Crippen molar-refractivity contribution in [3.8, 4) is 0 Å². The Morgan fingerprint density at radius 3 is 2.67 bits per heavy atom. The van der Waals surface area contributed by atoms with Gasteiger partial charge in [0.15, 0.2) is 11.6 Å². The zero-order valence-corrected chi connectivity index (χ0v) is 14.9. The smallest absolute Gasteiger partial charge is 0.160 e. The van der Waals surface area contributed by atoms with Gasteiger partial charge < -0.3 is 10.3 Å². The Hall–Kier alpha value is -2.73.